The molecule has 38 heavy (non-hydrogen) atoms. The number of nitrogens with one attached hydrogen (secondary N) is 1. The van der Waals surface area contributed by atoms with E-state index in [0.29, 0.717) is 42.6 Å². The second-order valence-electron chi connectivity index (χ2n) is 8.68. The third kappa shape index (κ3) is 9.00. The van der Waals surface area contributed by atoms with Gasteiger partial charge in [-0.25, -0.2) is 18.1 Å². The van der Waals surface area contributed by atoms with Crippen LogP contribution in [0, 0.1) is 6.92 Å². The van der Waals surface area contributed by atoms with Gasteiger partial charge in [-0.3, -0.25) is 4.79 Å². The van der Waals surface area contributed by atoms with Gasteiger partial charge in [0.2, 0.25) is 15.9 Å². The average molecular weight is 539 g/mol. The lowest BCUT2D eigenvalue weighted by atomic mass is 10.1. The molecule has 3 rings (SSSR count). The maximum atomic E-state index is 12.3. The van der Waals surface area contributed by atoms with Crippen molar-refractivity contribution in [3.63, 3.8) is 0 Å². The Bertz CT molecular complexity index is 1340. The van der Waals surface area contributed by atoms with Crippen LogP contribution in [0.3, 0.4) is 0 Å². The van der Waals surface area contributed by atoms with Crippen molar-refractivity contribution in [1.29, 1.82) is 0 Å². The van der Waals surface area contributed by atoms with E-state index in [0.717, 1.165) is 29.5 Å². The Labute approximate surface area is 224 Å². The lowest BCUT2D eigenvalue weighted by Gasteiger charge is -2.13. The summed E-state index contributed by atoms with van der Waals surface area (Å²) >= 11 is 0. The molecule has 0 radical (unpaired) electrons. The van der Waals surface area contributed by atoms with Crippen molar-refractivity contribution in [3.8, 4) is 28.5 Å². The van der Waals surface area contributed by atoms with Crippen molar-refractivity contribution < 1.29 is 27.4 Å². The van der Waals surface area contributed by atoms with E-state index in [9.17, 15) is 13.2 Å². The van der Waals surface area contributed by atoms with Gasteiger partial charge in [0.25, 0.3) is 5.91 Å². The minimum Gasteiger partial charge on any atom is -0.491 e. The fourth-order valence-electron chi connectivity index (χ4n) is 3.58. The molecule has 0 saturated carbocycles. The Morgan fingerprint density at radius 2 is 1.82 bits per heavy atom. The van der Waals surface area contributed by atoms with Crippen molar-refractivity contribution in [2.24, 2.45) is 0 Å². The molecule has 0 aliphatic heterocycles. The minimum atomic E-state index is -3.69. The highest BCUT2D eigenvalue weighted by molar-refractivity contribution is 7.90. The zero-order valence-electron chi connectivity index (χ0n) is 22.0. The maximum absolute atomic E-state index is 12.3. The number of unbranched alkanes of at least 4 members (excludes halogenated alkanes) is 2. The van der Waals surface area contributed by atoms with Gasteiger partial charge in [-0.05, 0) is 43.2 Å². The van der Waals surface area contributed by atoms with Crippen molar-refractivity contribution in [2.75, 3.05) is 26.1 Å². The van der Waals surface area contributed by atoms with E-state index in [1.54, 1.807) is 31.5 Å². The number of benzene rings is 2. The van der Waals surface area contributed by atoms with E-state index in [4.69, 9.17) is 14.2 Å². The quantitative estimate of drug-likeness (QED) is 0.213. The number of carbonyl (C=O) groups is 1. The molecule has 1 aromatic heterocycles. The monoisotopic (exact) mass is 538 g/mol. The topological polar surface area (TPSA) is 104 Å². The highest BCUT2D eigenvalue weighted by atomic mass is 32.2. The van der Waals surface area contributed by atoms with Crippen LogP contribution in [0.2, 0.25) is 0 Å². The summed E-state index contributed by atoms with van der Waals surface area (Å²) in [5.41, 5.74) is 3.38. The lowest BCUT2D eigenvalue weighted by molar-refractivity contribution is -0.114. The van der Waals surface area contributed by atoms with E-state index >= 15 is 0 Å². The maximum Gasteiger partial charge on any atom is 0.257 e. The molecule has 9 heteroatoms. The molecule has 1 heterocycles. The van der Waals surface area contributed by atoms with Gasteiger partial charge in [-0.2, -0.15) is 0 Å². The number of pyridine rings is 1. The number of aryl methyl sites for hydroxylation is 1. The SMILES string of the molecule is CCCCCS(=O)(=O)NC(=O)/C=C/c1ccc(OCCOC)cc1Oc1ncc(-c2ccccc2)cc1C. The summed E-state index contributed by atoms with van der Waals surface area (Å²) in [6.07, 6.45) is 6.58. The van der Waals surface area contributed by atoms with Crippen LogP contribution in [0.1, 0.15) is 37.3 Å². The van der Waals surface area contributed by atoms with Crippen molar-refractivity contribution in [2.45, 2.75) is 33.1 Å². The molecule has 0 atom stereocenters. The summed E-state index contributed by atoms with van der Waals surface area (Å²) in [5.74, 6) is 0.533. The molecule has 8 nitrogen and oxygen atoms in total. The standard InChI is InChI=1S/C29H34N2O6S/c1-4-5-9-18-38(33,34)31-28(32)15-13-24-12-14-26(36-17-16-35-3)20-27(24)37-29-22(2)19-25(21-30-29)23-10-7-6-8-11-23/h6-8,10-15,19-21H,4-5,9,16-18H2,1-3H3,(H,31,32)/b15-13+. The van der Waals surface area contributed by atoms with Gasteiger partial charge in [0, 0.05) is 42.1 Å². The van der Waals surface area contributed by atoms with E-state index in [-0.39, 0.29) is 5.75 Å². The van der Waals surface area contributed by atoms with Crippen LogP contribution in [0.15, 0.2) is 66.9 Å². The third-order valence-electron chi connectivity index (χ3n) is 5.57. The lowest BCUT2D eigenvalue weighted by Crippen LogP contribution is -2.31. The number of ether oxygens (including phenoxy) is 3. The zero-order valence-corrected chi connectivity index (χ0v) is 22.8. The van der Waals surface area contributed by atoms with E-state index in [1.165, 1.54) is 12.2 Å². The molecular formula is C29H34N2O6S. The van der Waals surface area contributed by atoms with Crippen LogP contribution >= 0.6 is 0 Å². The van der Waals surface area contributed by atoms with Gasteiger partial charge in [-0.1, -0.05) is 50.1 Å². The number of amides is 1. The number of rotatable bonds is 14. The summed E-state index contributed by atoms with van der Waals surface area (Å²) in [6, 6.07) is 17.1. The average Bonchev–Trinajstić information content (AvgIpc) is 2.90. The molecular weight excluding hydrogens is 504 g/mol. The van der Waals surface area contributed by atoms with Crippen LogP contribution in [-0.4, -0.2) is 45.4 Å². The number of aromatic nitrogens is 1. The summed E-state index contributed by atoms with van der Waals surface area (Å²) in [7, 11) is -2.10. The van der Waals surface area contributed by atoms with Crippen LogP contribution in [0.25, 0.3) is 17.2 Å². The third-order valence-corrected chi connectivity index (χ3v) is 6.91. The van der Waals surface area contributed by atoms with Gasteiger partial charge in [-0.15, -0.1) is 0 Å². The fourth-order valence-corrected chi connectivity index (χ4v) is 4.64. The van der Waals surface area contributed by atoms with E-state index in [1.807, 2.05) is 50.2 Å². The predicted molar refractivity (Wildman–Crippen MR) is 149 cm³/mol. The number of hydrogen-bond acceptors (Lipinski definition) is 7. The summed E-state index contributed by atoms with van der Waals surface area (Å²) < 4.78 is 43.3. The van der Waals surface area contributed by atoms with Crippen molar-refractivity contribution in [1.82, 2.24) is 9.71 Å². The summed E-state index contributed by atoms with van der Waals surface area (Å²) in [4.78, 5) is 16.8. The normalized spacial score (nSPS) is 11.4. The molecule has 3 aromatic rings. The second-order valence-corrected chi connectivity index (χ2v) is 10.5. The second kappa shape index (κ2) is 14.3. The highest BCUT2D eigenvalue weighted by Crippen LogP contribution is 2.32. The predicted octanol–water partition coefficient (Wildman–Crippen LogP) is 5.52. The Hall–Kier alpha value is -3.69. The number of hydrogen-bond donors (Lipinski definition) is 1. The summed E-state index contributed by atoms with van der Waals surface area (Å²) in [6.45, 7) is 4.66. The number of carbonyl (C=O) groups excluding carboxylic acids is 1. The summed E-state index contributed by atoms with van der Waals surface area (Å²) in [5, 5.41) is 0. The molecule has 1 N–H and O–H groups in total. The smallest absolute Gasteiger partial charge is 0.257 e. The molecule has 202 valence electrons. The molecule has 1 amide bonds. The van der Waals surface area contributed by atoms with Gasteiger partial charge < -0.3 is 14.2 Å². The minimum absolute atomic E-state index is 0.0911. The van der Waals surface area contributed by atoms with Gasteiger partial charge in [0.05, 0.1) is 12.4 Å². The molecule has 0 aliphatic rings. The molecule has 2 aromatic carbocycles. The Morgan fingerprint density at radius 3 is 2.53 bits per heavy atom. The Kier molecular flexibility index (Phi) is 10.9. The molecule has 0 bridgehead atoms. The van der Waals surface area contributed by atoms with Crippen LogP contribution in [0.4, 0.5) is 0 Å². The number of nitrogens with zero attached hydrogens (tertiary/aromatic N) is 1. The first-order chi connectivity index (χ1) is 18.3. The van der Waals surface area contributed by atoms with Gasteiger partial charge in [0.15, 0.2) is 0 Å². The first kappa shape index (κ1) is 28.9. The van der Waals surface area contributed by atoms with Gasteiger partial charge in [0.1, 0.15) is 18.1 Å². The zero-order chi connectivity index (χ0) is 27.4. The molecule has 0 fully saturated rings. The van der Waals surface area contributed by atoms with E-state index < -0.39 is 15.9 Å². The number of methoxy groups -OCH3 is 1. The molecule has 0 spiro atoms. The molecule has 0 unspecified atom stereocenters. The Morgan fingerprint density at radius 1 is 1.03 bits per heavy atom. The highest BCUT2D eigenvalue weighted by Gasteiger charge is 2.14. The first-order valence-electron chi connectivity index (χ1n) is 12.5. The molecule has 0 saturated heterocycles. The van der Waals surface area contributed by atoms with E-state index in [2.05, 4.69) is 9.71 Å². The fraction of sp³-hybridized carbons (Fsp3) is 0.310. The van der Waals surface area contributed by atoms with Crippen LogP contribution in [-0.2, 0) is 19.6 Å². The van der Waals surface area contributed by atoms with Gasteiger partial charge >= 0.3 is 0 Å². The first-order valence-corrected chi connectivity index (χ1v) is 14.1. The van der Waals surface area contributed by atoms with Crippen LogP contribution < -0.4 is 14.2 Å². The van der Waals surface area contributed by atoms with Crippen molar-refractivity contribution in [3.05, 3.63) is 78.0 Å². The molecule has 0 aliphatic carbocycles. The van der Waals surface area contributed by atoms with Crippen molar-refractivity contribution >= 4 is 22.0 Å². The largest absolute Gasteiger partial charge is 0.491 e. The Balaban J connectivity index is 1.82. The number of sulfonamides is 1. The van der Waals surface area contributed by atoms with Crippen LogP contribution in [0.5, 0.6) is 17.4 Å².